The Morgan fingerprint density at radius 1 is 1.16 bits per heavy atom. The molecule has 1 saturated heterocycles. The second-order valence-electron chi connectivity index (χ2n) is 6.01. The van der Waals surface area contributed by atoms with Crippen LogP contribution in [0.4, 0.5) is 16.2 Å². The van der Waals surface area contributed by atoms with Gasteiger partial charge in [0, 0.05) is 31.4 Å². The van der Waals surface area contributed by atoms with E-state index >= 15 is 0 Å². The molecule has 1 atom stereocenters. The van der Waals surface area contributed by atoms with Crippen LogP contribution in [0.1, 0.15) is 5.56 Å². The number of anilines is 1. The van der Waals surface area contributed by atoms with E-state index in [1.807, 2.05) is 24.3 Å². The Labute approximate surface area is 145 Å². The van der Waals surface area contributed by atoms with E-state index < -0.39 is 4.92 Å². The zero-order valence-electron chi connectivity index (χ0n) is 14.1. The molecule has 1 aliphatic heterocycles. The number of ether oxygens (including phenoxy) is 1. The van der Waals surface area contributed by atoms with Crippen LogP contribution in [0.2, 0.25) is 0 Å². The van der Waals surface area contributed by atoms with Crippen molar-refractivity contribution in [1.82, 2.24) is 4.90 Å². The quantitative estimate of drug-likeness (QED) is 0.618. The average Bonchev–Trinajstić information content (AvgIpc) is 2.89. The van der Waals surface area contributed by atoms with E-state index in [-0.39, 0.29) is 17.8 Å². The number of amides is 2. The van der Waals surface area contributed by atoms with Crippen LogP contribution in [0, 0.1) is 10.1 Å². The molecule has 0 spiro atoms. The van der Waals surface area contributed by atoms with Gasteiger partial charge in [0.2, 0.25) is 0 Å². The number of nitrogens with zero attached hydrogens (tertiary/aromatic N) is 3. The standard InChI is InChI=1S/C18H19N3O4/c1-19-12-16(11-13-3-9-17(25-2)10-4-13)20(18(19)22)14-5-7-15(8-6-14)21(23)24/h3-10,16H,11-12H2,1-2H3/t16-/m0/s1. The molecule has 0 radical (unpaired) electrons. The van der Waals surface area contributed by atoms with Crippen molar-refractivity contribution in [3.63, 3.8) is 0 Å². The maximum absolute atomic E-state index is 12.5. The Morgan fingerprint density at radius 3 is 2.36 bits per heavy atom. The Morgan fingerprint density at radius 2 is 1.80 bits per heavy atom. The van der Waals surface area contributed by atoms with E-state index in [0.717, 1.165) is 11.3 Å². The zero-order chi connectivity index (χ0) is 18.0. The van der Waals surface area contributed by atoms with Crippen molar-refractivity contribution in [2.45, 2.75) is 12.5 Å². The van der Waals surface area contributed by atoms with Gasteiger partial charge in [0.1, 0.15) is 5.75 Å². The smallest absolute Gasteiger partial charge is 0.324 e. The molecular formula is C18H19N3O4. The van der Waals surface area contributed by atoms with Gasteiger partial charge in [-0.3, -0.25) is 15.0 Å². The highest BCUT2D eigenvalue weighted by Crippen LogP contribution is 2.28. The molecule has 0 aliphatic carbocycles. The molecule has 0 bridgehead atoms. The van der Waals surface area contributed by atoms with Gasteiger partial charge in [0.05, 0.1) is 18.1 Å². The lowest BCUT2D eigenvalue weighted by Gasteiger charge is -2.23. The monoisotopic (exact) mass is 341 g/mol. The van der Waals surface area contributed by atoms with Gasteiger partial charge in [-0.2, -0.15) is 0 Å². The summed E-state index contributed by atoms with van der Waals surface area (Å²) < 4.78 is 5.17. The molecule has 2 aromatic carbocycles. The van der Waals surface area contributed by atoms with Crippen molar-refractivity contribution in [2.75, 3.05) is 25.6 Å². The summed E-state index contributed by atoms with van der Waals surface area (Å²) in [5, 5.41) is 10.8. The topological polar surface area (TPSA) is 75.9 Å². The van der Waals surface area contributed by atoms with Gasteiger partial charge in [0.15, 0.2) is 0 Å². The molecule has 0 N–H and O–H groups in total. The van der Waals surface area contributed by atoms with Gasteiger partial charge in [0.25, 0.3) is 5.69 Å². The SMILES string of the molecule is COc1ccc(C[C@H]2CN(C)C(=O)N2c2ccc([N+](=O)[O-])cc2)cc1. The van der Waals surface area contributed by atoms with Crippen molar-refractivity contribution in [1.29, 1.82) is 0 Å². The lowest BCUT2D eigenvalue weighted by atomic mass is 10.0. The maximum Gasteiger partial charge on any atom is 0.324 e. The Kier molecular flexibility index (Phi) is 4.56. The summed E-state index contributed by atoms with van der Waals surface area (Å²) in [4.78, 5) is 26.3. The fraction of sp³-hybridized carbons (Fsp3) is 0.278. The lowest BCUT2D eigenvalue weighted by Crippen LogP contribution is -2.35. The largest absolute Gasteiger partial charge is 0.497 e. The summed E-state index contributed by atoms with van der Waals surface area (Å²) in [6.45, 7) is 0.599. The van der Waals surface area contributed by atoms with Crippen molar-refractivity contribution >= 4 is 17.4 Å². The number of hydrogen-bond donors (Lipinski definition) is 0. The minimum Gasteiger partial charge on any atom is -0.497 e. The molecule has 1 heterocycles. The number of likely N-dealkylation sites (N-methyl/N-ethyl adjacent to an activating group) is 1. The molecule has 2 amide bonds. The van der Waals surface area contributed by atoms with Crippen LogP contribution in [0.25, 0.3) is 0 Å². The van der Waals surface area contributed by atoms with E-state index in [2.05, 4.69) is 0 Å². The minimum atomic E-state index is -0.448. The highest BCUT2D eigenvalue weighted by Gasteiger charge is 2.36. The molecule has 1 fully saturated rings. The van der Waals surface area contributed by atoms with Crippen LogP contribution in [0.15, 0.2) is 48.5 Å². The fourth-order valence-corrected chi connectivity index (χ4v) is 3.06. The summed E-state index contributed by atoms with van der Waals surface area (Å²) in [6, 6.07) is 13.7. The molecule has 3 rings (SSSR count). The van der Waals surface area contributed by atoms with Gasteiger partial charge in [-0.05, 0) is 36.2 Å². The van der Waals surface area contributed by atoms with Crippen molar-refractivity contribution in [3.05, 3.63) is 64.2 Å². The number of nitro benzene ring substituents is 1. The van der Waals surface area contributed by atoms with E-state index in [1.165, 1.54) is 12.1 Å². The first-order valence-electron chi connectivity index (χ1n) is 7.91. The van der Waals surface area contributed by atoms with Crippen LogP contribution in [0.3, 0.4) is 0 Å². The van der Waals surface area contributed by atoms with Crippen molar-refractivity contribution in [3.8, 4) is 5.75 Å². The van der Waals surface area contributed by atoms with Crippen LogP contribution in [-0.4, -0.2) is 42.6 Å². The molecule has 1 aliphatic rings. The molecule has 130 valence electrons. The normalized spacial score (nSPS) is 17.0. The third-order valence-corrected chi connectivity index (χ3v) is 4.35. The Bertz CT molecular complexity index is 774. The number of rotatable bonds is 5. The third kappa shape index (κ3) is 3.40. The minimum absolute atomic E-state index is 0.00968. The van der Waals surface area contributed by atoms with Gasteiger partial charge in [-0.15, -0.1) is 0 Å². The number of hydrogen-bond acceptors (Lipinski definition) is 4. The predicted molar refractivity (Wildman–Crippen MR) is 94.1 cm³/mol. The second-order valence-corrected chi connectivity index (χ2v) is 6.01. The van der Waals surface area contributed by atoms with Gasteiger partial charge in [-0.25, -0.2) is 4.79 Å². The van der Waals surface area contributed by atoms with Gasteiger partial charge < -0.3 is 9.64 Å². The molecule has 7 nitrogen and oxygen atoms in total. The summed E-state index contributed by atoms with van der Waals surface area (Å²) in [5.41, 5.74) is 1.77. The molecule has 25 heavy (non-hydrogen) atoms. The first-order chi connectivity index (χ1) is 12.0. The Balaban J connectivity index is 1.83. The first kappa shape index (κ1) is 16.8. The van der Waals surface area contributed by atoms with E-state index in [1.54, 1.807) is 36.1 Å². The maximum atomic E-state index is 12.5. The van der Waals surface area contributed by atoms with Crippen LogP contribution in [0.5, 0.6) is 5.75 Å². The van der Waals surface area contributed by atoms with Crippen LogP contribution < -0.4 is 9.64 Å². The van der Waals surface area contributed by atoms with Crippen LogP contribution in [-0.2, 0) is 6.42 Å². The second kappa shape index (κ2) is 6.80. The third-order valence-electron chi connectivity index (χ3n) is 4.35. The number of benzene rings is 2. The highest BCUT2D eigenvalue weighted by molar-refractivity contribution is 5.95. The Hall–Kier alpha value is -3.09. The highest BCUT2D eigenvalue weighted by atomic mass is 16.6. The number of carbonyl (C=O) groups is 1. The van der Waals surface area contributed by atoms with E-state index in [9.17, 15) is 14.9 Å². The summed E-state index contributed by atoms with van der Waals surface area (Å²) in [7, 11) is 3.38. The van der Waals surface area contributed by atoms with Crippen LogP contribution >= 0.6 is 0 Å². The summed E-state index contributed by atoms with van der Waals surface area (Å²) in [5.74, 6) is 0.788. The molecule has 7 heteroatoms. The van der Waals surface area contributed by atoms with Crippen molar-refractivity contribution < 1.29 is 14.5 Å². The first-order valence-corrected chi connectivity index (χ1v) is 7.91. The number of non-ortho nitro benzene ring substituents is 1. The molecule has 2 aromatic rings. The number of urea groups is 1. The average molecular weight is 341 g/mol. The molecule has 0 saturated carbocycles. The summed E-state index contributed by atoms with van der Waals surface area (Å²) in [6.07, 6.45) is 0.692. The zero-order valence-corrected chi connectivity index (χ0v) is 14.1. The van der Waals surface area contributed by atoms with E-state index in [4.69, 9.17) is 4.74 Å². The lowest BCUT2D eigenvalue weighted by molar-refractivity contribution is -0.384. The summed E-state index contributed by atoms with van der Waals surface area (Å²) >= 11 is 0. The molecule has 0 unspecified atom stereocenters. The van der Waals surface area contributed by atoms with Gasteiger partial charge >= 0.3 is 6.03 Å². The number of nitro groups is 1. The molecular weight excluding hydrogens is 322 g/mol. The molecule has 0 aromatic heterocycles. The number of methoxy groups -OCH3 is 1. The fourth-order valence-electron chi connectivity index (χ4n) is 3.06. The number of carbonyl (C=O) groups excluding carboxylic acids is 1. The van der Waals surface area contributed by atoms with Crippen molar-refractivity contribution in [2.24, 2.45) is 0 Å². The van der Waals surface area contributed by atoms with Gasteiger partial charge in [-0.1, -0.05) is 12.1 Å². The predicted octanol–water partition coefficient (Wildman–Crippen LogP) is 3.09. The van der Waals surface area contributed by atoms with E-state index in [0.29, 0.717) is 18.7 Å².